The number of allylic oxidation sites excluding steroid dienone is 1. The number of nitrogens with one attached hydrogen (secondary N) is 1. The van der Waals surface area contributed by atoms with Gasteiger partial charge in [-0.15, -0.1) is 0 Å². The second-order valence-electron chi connectivity index (χ2n) is 5.28. The van der Waals surface area contributed by atoms with Crippen molar-refractivity contribution in [2.75, 3.05) is 0 Å². The lowest BCUT2D eigenvalue weighted by Crippen LogP contribution is -2.01. The fourth-order valence-corrected chi connectivity index (χ4v) is 2.54. The summed E-state index contributed by atoms with van der Waals surface area (Å²) >= 11 is 0. The molecule has 5 nitrogen and oxygen atoms in total. The van der Waals surface area contributed by atoms with Gasteiger partial charge in [-0.3, -0.25) is 0 Å². The van der Waals surface area contributed by atoms with Gasteiger partial charge in [-0.25, -0.2) is 9.78 Å². The molecule has 1 aliphatic heterocycles. The predicted molar refractivity (Wildman–Crippen MR) is 78.9 cm³/mol. The number of aryl methyl sites for hydroxylation is 2. The number of carbonyl (C=O) groups is 1. The van der Waals surface area contributed by atoms with E-state index < -0.39 is 5.97 Å². The van der Waals surface area contributed by atoms with Crippen LogP contribution >= 0.6 is 0 Å². The highest BCUT2D eigenvalue weighted by Crippen LogP contribution is 2.28. The zero-order chi connectivity index (χ0) is 15.1. The molecule has 3 rings (SSSR count). The second-order valence-corrected chi connectivity index (χ2v) is 5.28. The molecule has 1 aliphatic rings. The number of aromatic nitrogens is 2. The number of hydrogen-bond acceptors (Lipinski definition) is 3. The Bertz CT molecular complexity index is 772. The summed E-state index contributed by atoms with van der Waals surface area (Å²) in [5.74, 6) is 0.575. The van der Waals surface area contributed by atoms with Crippen molar-refractivity contribution >= 4 is 12.0 Å². The molecule has 5 heteroatoms. The van der Waals surface area contributed by atoms with Crippen LogP contribution in [0.1, 0.15) is 39.8 Å². The van der Waals surface area contributed by atoms with Crippen molar-refractivity contribution in [2.45, 2.75) is 27.4 Å². The molecule has 0 spiro atoms. The van der Waals surface area contributed by atoms with Crippen molar-refractivity contribution < 1.29 is 14.6 Å². The van der Waals surface area contributed by atoms with Gasteiger partial charge in [0, 0.05) is 11.6 Å². The Kier molecular flexibility index (Phi) is 3.05. The SMILES string of the molecule is CC1=Cc2nc(-c3cc(C(=O)O)c(C)cc3C)[nH]c2CO1. The van der Waals surface area contributed by atoms with E-state index in [2.05, 4.69) is 9.97 Å². The van der Waals surface area contributed by atoms with E-state index in [1.54, 1.807) is 13.0 Å². The van der Waals surface area contributed by atoms with Crippen molar-refractivity contribution in [3.8, 4) is 11.4 Å². The summed E-state index contributed by atoms with van der Waals surface area (Å²) in [7, 11) is 0. The normalized spacial score (nSPS) is 13.4. The molecule has 0 fully saturated rings. The maximum atomic E-state index is 11.3. The van der Waals surface area contributed by atoms with Crippen LogP contribution in [-0.4, -0.2) is 21.0 Å². The van der Waals surface area contributed by atoms with Gasteiger partial charge in [0.25, 0.3) is 0 Å². The standard InChI is InChI=1S/C16H16N2O3/c1-8-4-9(2)12(16(19)20)6-11(8)15-17-13-5-10(3)21-7-14(13)18-15/h4-6H,7H2,1-3H3,(H,17,18)(H,19,20). The van der Waals surface area contributed by atoms with Crippen LogP contribution in [0.25, 0.3) is 17.5 Å². The Labute approximate surface area is 122 Å². The van der Waals surface area contributed by atoms with Crippen molar-refractivity contribution in [3.05, 3.63) is 46.0 Å². The fourth-order valence-electron chi connectivity index (χ4n) is 2.54. The maximum absolute atomic E-state index is 11.3. The Morgan fingerprint density at radius 3 is 2.76 bits per heavy atom. The largest absolute Gasteiger partial charge is 0.492 e. The first kappa shape index (κ1) is 13.4. The molecule has 0 amide bonds. The van der Waals surface area contributed by atoms with Crippen LogP contribution in [0.5, 0.6) is 0 Å². The molecule has 2 heterocycles. The molecule has 21 heavy (non-hydrogen) atoms. The quantitative estimate of drug-likeness (QED) is 0.887. The maximum Gasteiger partial charge on any atom is 0.335 e. The van der Waals surface area contributed by atoms with E-state index in [1.807, 2.05) is 26.0 Å². The van der Waals surface area contributed by atoms with E-state index in [4.69, 9.17) is 4.74 Å². The van der Waals surface area contributed by atoms with Crippen molar-refractivity contribution in [1.29, 1.82) is 0 Å². The van der Waals surface area contributed by atoms with Crippen molar-refractivity contribution in [3.63, 3.8) is 0 Å². The molecule has 0 unspecified atom stereocenters. The van der Waals surface area contributed by atoms with Gasteiger partial charge < -0.3 is 14.8 Å². The Morgan fingerprint density at radius 2 is 2.05 bits per heavy atom. The molecule has 0 radical (unpaired) electrons. The highest BCUT2D eigenvalue weighted by atomic mass is 16.5. The number of aromatic carboxylic acids is 1. The third-order valence-corrected chi connectivity index (χ3v) is 3.65. The number of rotatable bonds is 2. The number of nitrogens with zero attached hydrogens (tertiary/aromatic N) is 1. The summed E-state index contributed by atoms with van der Waals surface area (Å²) in [5.41, 5.74) is 4.61. The van der Waals surface area contributed by atoms with Gasteiger partial charge in [-0.2, -0.15) is 0 Å². The van der Waals surface area contributed by atoms with Gasteiger partial charge in [0.05, 0.1) is 22.7 Å². The molecule has 2 aromatic rings. The highest BCUT2D eigenvalue weighted by molar-refractivity contribution is 5.91. The molecule has 0 aliphatic carbocycles. The smallest absolute Gasteiger partial charge is 0.335 e. The Morgan fingerprint density at radius 1 is 1.29 bits per heavy atom. The zero-order valence-corrected chi connectivity index (χ0v) is 12.2. The average Bonchev–Trinajstić information content (AvgIpc) is 2.80. The minimum absolute atomic E-state index is 0.299. The minimum atomic E-state index is -0.927. The predicted octanol–water partition coefficient (Wildman–Crippen LogP) is 3.28. The third-order valence-electron chi connectivity index (χ3n) is 3.65. The summed E-state index contributed by atoms with van der Waals surface area (Å²) in [6, 6.07) is 3.55. The van der Waals surface area contributed by atoms with Crippen molar-refractivity contribution in [1.82, 2.24) is 9.97 Å². The summed E-state index contributed by atoms with van der Waals surface area (Å²) in [6.07, 6.45) is 1.88. The summed E-state index contributed by atoms with van der Waals surface area (Å²) in [4.78, 5) is 19.1. The lowest BCUT2D eigenvalue weighted by Gasteiger charge is -2.10. The van der Waals surface area contributed by atoms with E-state index in [1.165, 1.54) is 0 Å². The van der Waals surface area contributed by atoms with E-state index in [9.17, 15) is 9.90 Å². The first-order valence-corrected chi connectivity index (χ1v) is 6.70. The number of ether oxygens (including phenoxy) is 1. The average molecular weight is 284 g/mol. The van der Waals surface area contributed by atoms with Gasteiger partial charge >= 0.3 is 5.97 Å². The number of carboxylic acid groups (broad SMARTS) is 1. The van der Waals surface area contributed by atoms with Crippen LogP contribution < -0.4 is 0 Å². The zero-order valence-electron chi connectivity index (χ0n) is 12.2. The first-order valence-electron chi connectivity index (χ1n) is 6.70. The van der Waals surface area contributed by atoms with Crippen LogP contribution in [0, 0.1) is 13.8 Å². The number of fused-ring (bicyclic) bond motifs is 1. The summed E-state index contributed by atoms with van der Waals surface area (Å²) in [6.45, 7) is 6.10. The molecular formula is C16H16N2O3. The first-order chi connectivity index (χ1) is 9.95. The molecule has 0 saturated heterocycles. The number of hydrogen-bond donors (Lipinski definition) is 2. The molecule has 0 atom stereocenters. The summed E-state index contributed by atoms with van der Waals surface area (Å²) < 4.78 is 5.46. The molecule has 0 saturated carbocycles. The molecule has 108 valence electrons. The van der Waals surface area contributed by atoms with E-state index in [-0.39, 0.29) is 0 Å². The molecule has 2 N–H and O–H groups in total. The molecule has 1 aromatic carbocycles. The number of benzene rings is 1. The van der Waals surface area contributed by atoms with Crippen LogP contribution in [0.15, 0.2) is 17.9 Å². The number of imidazole rings is 1. The van der Waals surface area contributed by atoms with E-state index in [0.717, 1.165) is 33.8 Å². The number of aromatic amines is 1. The lowest BCUT2D eigenvalue weighted by atomic mass is 9.99. The molecule has 0 bridgehead atoms. The monoisotopic (exact) mass is 284 g/mol. The second kappa shape index (κ2) is 4.77. The number of carboxylic acids is 1. The van der Waals surface area contributed by atoms with Gasteiger partial charge in [0.2, 0.25) is 0 Å². The van der Waals surface area contributed by atoms with E-state index >= 15 is 0 Å². The van der Waals surface area contributed by atoms with Crippen LogP contribution in [0.4, 0.5) is 0 Å². The third kappa shape index (κ3) is 2.31. The highest BCUT2D eigenvalue weighted by Gasteiger charge is 2.18. The topological polar surface area (TPSA) is 75.2 Å². The van der Waals surface area contributed by atoms with Crippen LogP contribution in [0.3, 0.4) is 0 Å². The fraction of sp³-hybridized carbons (Fsp3) is 0.250. The Hall–Kier alpha value is -2.56. The van der Waals surface area contributed by atoms with Gasteiger partial charge in [-0.05, 0) is 38.0 Å². The van der Waals surface area contributed by atoms with E-state index in [0.29, 0.717) is 18.0 Å². The van der Waals surface area contributed by atoms with Gasteiger partial charge in [-0.1, -0.05) is 6.07 Å². The number of H-pyrrole nitrogens is 1. The van der Waals surface area contributed by atoms with Gasteiger partial charge in [0.1, 0.15) is 12.4 Å². The van der Waals surface area contributed by atoms with Crippen molar-refractivity contribution in [2.24, 2.45) is 0 Å². The van der Waals surface area contributed by atoms with Gasteiger partial charge in [0.15, 0.2) is 0 Å². The molecular weight excluding hydrogens is 268 g/mol. The Balaban J connectivity index is 2.13. The molecule has 1 aromatic heterocycles. The summed E-state index contributed by atoms with van der Waals surface area (Å²) in [5, 5.41) is 9.26. The van der Waals surface area contributed by atoms with Crippen LogP contribution in [0.2, 0.25) is 0 Å². The minimum Gasteiger partial charge on any atom is -0.492 e. The van der Waals surface area contributed by atoms with Crippen LogP contribution in [-0.2, 0) is 11.3 Å². The lowest BCUT2D eigenvalue weighted by molar-refractivity contribution is 0.0696.